The van der Waals surface area contributed by atoms with Crippen molar-refractivity contribution >= 4 is 5.97 Å². The third-order valence-corrected chi connectivity index (χ3v) is 4.20. The molecule has 4 heteroatoms. The Balaban J connectivity index is 1.88. The van der Waals surface area contributed by atoms with Gasteiger partial charge >= 0.3 is 5.97 Å². The number of carboxylic acids is 1. The average molecular weight is 291 g/mol. The molecule has 0 atom stereocenters. The molecular weight excluding hydrogens is 266 g/mol. The SMILES string of the molecule is Cc1cc(C)c(CN2CCC(OCC(=O)O)CC2)c(C)c1. The van der Waals surface area contributed by atoms with E-state index in [1.54, 1.807) is 0 Å². The molecule has 2 rings (SSSR count). The highest BCUT2D eigenvalue weighted by Gasteiger charge is 2.21. The molecule has 4 nitrogen and oxygen atoms in total. The molecule has 21 heavy (non-hydrogen) atoms. The Bertz CT molecular complexity index is 482. The van der Waals surface area contributed by atoms with E-state index in [0.29, 0.717) is 0 Å². The topological polar surface area (TPSA) is 49.8 Å². The molecule has 1 aliphatic heterocycles. The number of aryl methyl sites for hydroxylation is 3. The van der Waals surface area contributed by atoms with Crippen molar-refractivity contribution in [2.24, 2.45) is 0 Å². The summed E-state index contributed by atoms with van der Waals surface area (Å²) in [6.07, 6.45) is 1.92. The van der Waals surface area contributed by atoms with Crippen LogP contribution in [0.5, 0.6) is 0 Å². The molecular formula is C17H25NO3. The monoisotopic (exact) mass is 291 g/mol. The standard InChI is InChI=1S/C17H25NO3/c1-12-8-13(2)16(14(3)9-12)10-18-6-4-15(5-7-18)21-11-17(19)20/h8-9,15H,4-7,10-11H2,1-3H3,(H,19,20). The second kappa shape index (κ2) is 7.05. The molecule has 0 aliphatic carbocycles. The third-order valence-electron chi connectivity index (χ3n) is 4.20. The molecule has 0 aromatic heterocycles. The van der Waals surface area contributed by atoms with E-state index in [1.807, 2.05) is 0 Å². The van der Waals surface area contributed by atoms with Crippen molar-refractivity contribution in [2.75, 3.05) is 19.7 Å². The van der Waals surface area contributed by atoms with Crippen LogP contribution >= 0.6 is 0 Å². The molecule has 0 radical (unpaired) electrons. The van der Waals surface area contributed by atoms with E-state index in [2.05, 4.69) is 37.8 Å². The Labute approximate surface area is 126 Å². The van der Waals surface area contributed by atoms with Gasteiger partial charge in [-0.1, -0.05) is 17.7 Å². The van der Waals surface area contributed by atoms with Gasteiger partial charge in [-0.05, 0) is 50.3 Å². The minimum Gasteiger partial charge on any atom is -0.480 e. The highest BCUT2D eigenvalue weighted by Crippen LogP contribution is 2.21. The maximum absolute atomic E-state index is 10.5. The largest absolute Gasteiger partial charge is 0.480 e. The van der Waals surface area contributed by atoms with E-state index in [9.17, 15) is 4.79 Å². The fourth-order valence-corrected chi connectivity index (χ4v) is 3.11. The van der Waals surface area contributed by atoms with Gasteiger partial charge in [0.15, 0.2) is 0 Å². The van der Waals surface area contributed by atoms with E-state index >= 15 is 0 Å². The van der Waals surface area contributed by atoms with Crippen LogP contribution in [0, 0.1) is 20.8 Å². The van der Waals surface area contributed by atoms with Crippen molar-refractivity contribution < 1.29 is 14.6 Å². The summed E-state index contributed by atoms with van der Waals surface area (Å²) in [6, 6.07) is 4.48. The van der Waals surface area contributed by atoms with Gasteiger partial charge in [0, 0.05) is 19.6 Å². The summed E-state index contributed by atoms with van der Waals surface area (Å²) >= 11 is 0. The van der Waals surface area contributed by atoms with Crippen LogP contribution in [0.3, 0.4) is 0 Å². The summed E-state index contributed by atoms with van der Waals surface area (Å²) in [7, 11) is 0. The Morgan fingerprint density at radius 2 is 1.81 bits per heavy atom. The number of ether oxygens (including phenoxy) is 1. The molecule has 1 N–H and O–H groups in total. The lowest BCUT2D eigenvalue weighted by Crippen LogP contribution is -2.37. The number of nitrogens with zero attached hydrogens (tertiary/aromatic N) is 1. The Morgan fingerprint density at radius 3 is 2.33 bits per heavy atom. The van der Waals surface area contributed by atoms with E-state index in [4.69, 9.17) is 9.84 Å². The van der Waals surface area contributed by atoms with Crippen LogP contribution in [0.2, 0.25) is 0 Å². The maximum Gasteiger partial charge on any atom is 0.329 e. The number of carboxylic acid groups (broad SMARTS) is 1. The normalized spacial score (nSPS) is 17.1. The van der Waals surface area contributed by atoms with Crippen molar-refractivity contribution in [2.45, 2.75) is 46.3 Å². The molecule has 1 saturated heterocycles. The number of piperidine rings is 1. The number of likely N-dealkylation sites (tertiary alicyclic amines) is 1. The fourth-order valence-electron chi connectivity index (χ4n) is 3.11. The first kappa shape index (κ1) is 16.0. The molecule has 1 aromatic rings. The van der Waals surface area contributed by atoms with Crippen LogP contribution in [-0.4, -0.2) is 41.8 Å². The lowest BCUT2D eigenvalue weighted by molar-refractivity contribution is -0.145. The molecule has 0 saturated carbocycles. The van der Waals surface area contributed by atoms with Crippen LogP contribution in [0.25, 0.3) is 0 Å². The van der Waals surface area contributed by atoms with Crippen LogP contribution in [0.4, 0.5) is 0 Å². The van der Waals surface area contributed by atoms with Crippen molar-refractivity contribution in [1.82, 2.24) is 4.90 Å². The summed E-state index contributed by atoms with van der Waals surface area (Å²) < 4.78 is 5.38. The summed E-state index contributed by atoms with van der Waals surface area (Å²) in [5, 5.41) is 8.64. The van der Waals surface area contributed by atoms with E-state index in [1.165, 1.54) is 22.3 Å². The van der Waals surface area contributed by atoms with Crippen molar-refractivity contribution in [3.63, 3.8) is 0 Å². The third kappa shape index (κ3) is 4.55. The first-order valence-electron chi connectivity index (χ1n) is 7.58. The second-order valence-corrected chi connectivity index (χ2v) is 6.06. The number of hydrogen-bond acceptors (Lipinski definition) is 3. The molecule has 0 bridgehead atoms. The number of aliphatic carboxylic acids is 1. The lowest BCUT2D eigenvalue weighted by atomic mass is 9.98. The maximum atomic E-state index is 10.5. The van der Waals surface area contributed by atoms with Gasteiger partial charge in [-0.15, -0.1) is 0 Å². The fraction of sp³-hybridized carbons (Fsp3) is 0.588. The zero-order chi connectivity index (χ0) is 15.4. The molecule has 0 amide bonds. The quantitative estimate of drug-likeness (QED) is 0.906. The predicted octanol–water partition coefficient (Wildman–Crippen LogP) is 2.68. The number of carbonyl (C=O) groups is 1. The average Bonchev–Trinajstić information content (AvgIpc) is 2.41. The van der Waals surface area contributed by atoms with Gasteiger partial charge in [-0.2, -0.15) is 0 Å². The minimum absolute atomic E-state index is 0.0950. The summed E-state index contributed by atoms with van der Waals surface area (Å²) in [4.78, 5) is 13.0. The Kier molecular flexibility index (Phi) is 5.37. The Morgan fingerprint density at radius 1 is 1.24 bits per heavy atom. The molecule has 1 aliphatic rings. The molecule has 1 fully saturated rings. The predicted molar refractivity (Wildman–Crippen MR) is 82.5 cm³/mol. The zero-order valence-electron chi connectivity index (χ0n) is 13.2. The highest BCUT2D eigenvalue weighted by atomic mass is 16.5. The summed E-state index contributed by atoms with van der Waals surface area (Å²) in [5.41, 5.74) is 5.45. The molecule has 0 spiro atoms. The van der Waals surface area contributed by atoms with Crippen molar-refractivity contribution in [1.29, 1.82) is 0 Å². The van der Waals surface area contributed by atoms with Gasteiger partial charge < -0.3 is 9.84 Å². The summed E-state index contributed by atoms with van der Waals surface area (Å²) in [6.45, 7) is 9.23. The number of benzene rings is 1. The molecule has 1 heterocycles. The highest BCUT2D eigenvalue weighted by molar-refractivity contribution is 5.68. The van der Waals surface area contributed by atoms with E-state index in [-0.39, 0.29) is 12.7 Å². The zero-order valence-corrected chi connectivity index (χ0v) is 13.2. The van der Waals surface area contributed by atoms with Crippen LogP contribution < -0.4 is 0 Å². The van der Waals surface area contributed by atoms with Crippen LogP contribution in [0.15, 0.2) is 12.1 Å². The number of hydrogen-bond donors (Lipinski definition) is 1. The van der Waals surface area contributed by atoms with Crippen LogP contribution in [0.1, 0.15) is 35.1 Å². The lowest BCUT2D eigenvalue weighted by Gasteiger charge is -2.32. The van der Waals surface area contributed by atoms with E-state index in [0.717, 1.165) is 32.5 Å². The van der Waals surface area contributed by atoms with Crippen molar-refractivity contribution in [3.05, 3.63) is 34.4 Å². The first-order chi connectivity index (χ1) is 9.95. The molecule has 116 valence electrons. The van der Waals surface area contributed by atoms with Gasteiger partial charge in [0.25, 0.3) is 0 Å². The van der Waals surface area contributed by atoms with Gasteiger partial charge in [0.1, 0.15) is 6.61 Å². The smallest absolute Gasteiger partial charge is 0.329 e. The first-order valence-corrected chi connectivity index (χ1v) is 7.58. The van der Waals surface area contributed by atoms with Gasteiger partial charge in [-0.3, -0.25) is 4.90 Å². The van der Waals surface area contributed by atoms with Gasteiger partial charge in [0.05, 0.1) is 6.10 Å². The molecule has 1 aromatic carbocycles. The molecule has 0 unspecified atom stereocenters. The van der Waals surface area contributed by atoms with E-state index < -0.39 is 5.97 Å². The minimum atomic E-state index is -0.886. The second-order valence-electron chi connectivity index (χ2n) is 6.06. The summed E-state index contributed by atoms with van der Waals surface area (Å²) in [5.74, 6) is -0.886. The Hall–Kier alpha value is -1.39. The van der Waals surface area contributed by atoms with Gasteiger partial charge in [0.2, 0.25) is 0 Å². The number of rotatable bonds is 5. The van der Waals surface area contributed by atoms with Gasteiger partial charge in [-0.25, -0.2) is 4.79 Å². The van der Waals surface area contributed by atoms with Crippen LogP contribution in [-0.2, 0) is 16.1 Å². The van der Waals surface area contributed by atoms with Crippen molar-refractivity contribution in [3.8, 4) is 0 Å².